The predicted molar refractivity (Wildman–Crippen MR) is 49.0 cm³/mol. The summed E-state index contributed by atoms with van der Waals surface area (Å²) >= 11 is 0. The Kier molecular flexibility index (Phi) is 2.79. The molecular weight excluding hydrogens is 152 g/mol. The van der Waals surface area contributed by atoms with E-state index >= 15 is 0 Å². The molecule has 2 heteroatoms. The van der Waals surface area contributed by atoms with Crippen molar-refractivity contribution < 1.29 is 9.84 Å². The minimum absolute atomic E-state index is 0.00275. The highest BCUT2D eigenvalue weighted by atomic mass is 16.5. The Hall–Kier alpha value is -0.0800. The van der Waals surface area contributed by atoms with Crippen LogP contribution in [0.15, 0.2) is 0 Å². The lowest BCUT2D eigenvalue weighted by molar-refractivity contribution is -0.141. The molecule has 0 aliphatic carbocycles. The summed E-state index contributed by atoms with van der Waals surface area (Å²) in [5, 5.41) is 9.44. The number of hydrogen-bond acceptors (Lipinski definition) is 2. The first-order valence-electron chi connectivity index (χ1n) is 4.75. The van der Waals surface area contributed by atoms with Crippen LogP contribution in [0.5, 0.6) is 0 Å². The molecule has 2 nitrogen and oxygen atoms in total. The van der Waals surface area contributed by atoms with E-state index in [0.29, 0.717) is 6.10 Å². The van der Waals surface area contributed by atoms with Crippen LogP contribution in [0.3, 0.4) is 0 Å². The number of hydrogen-bond donors (Lipinski definition) is 1. The Morgan fingerprint density at radius 3 is 2.25 bits per heavy atom. The van der Waals surface area contributed by atoms with Crippen molar-refractivity contribution in [2.45, 2.75) is 58.8 Å². The van der Waals surface area contributed by atoms with Crippen LogP contribution >= 0.6 is 0 Å². The molecule has 0 amide bonds. The van der Waals surface area contributed by atoms with Gasteiger partial charge < -0.3 is 9.84 Å². The van der Waals surface area contributed by atoms with Gasteiger partial charge in [-0.1, -0.05) is 20.8 Å². The van der Waals surface area contributed by atoms with Gasteiger partial charge in [-0.15, -0.1) is 0 Å². The van der Waals surface area contributed by atoms with Crippen molar-refractivity contribution in [3.05, 3.63) is 0 Å². The first-order chi connectivity index (χ1) is 5.41. The molecule has 1 unspecified atom stereocenters. The number of aliphatic hydroxyl groups is 1. The maximum atomic E-state index is 9.44. The van der Waals surface area contributed by atoms with Crippen LogP contribution in [0.25, 0.3) is 0 Å². The lowest BCUT2D eigenvalue weighted by Crippen LogP contribution is -2.42. The molecule has 1 aliphatic rings. The Balaban J connectivity index is 2.51. The van der Waals surface area contributed by atoms with Gasteiger partial charge in [0.25, 0.3) is 0 Å². The van der Waals surface area contributed by atoms with Gasteiger partial charge in [0.1, 0.15) is 0 Å². The fraction of sp³-hybridized carbons (Fsp3) is 1.00. The van der Waals surface area contributed by atoms with Gasteiger partial charge in [-0.3, -0.25) is 0 Å². The molecule has 3 atom stereocenters. The van der Waals surface area contributed by atoms with E-state index in [1.807, 2.05) is 6.92 Å². The number of ether oxygens (including phenoxy) is 1. The Morgan fingerprint density at radius 2 is 1.83 bits per heavy atom. The second-order valence-corrected chi connectivity index (χ2v) is 4.84. The topological polar surface area (TPSA) is 29.5 Å². The normalized spacial score (nSPS) is 38.2. The van der Waals surface area contributed by atoms with Crippen molar-refractivity contribution >= 4 is 0 Å². The van der Waals surface area contributed by atoms with E-state index in [-0.39, 0.29) is 17.6 Å². The van der Waals surface area contributed by atoms with Crippen molar-refractivity contribution in [2.75, 3.05) is 0 Å². The lowest BCUT2D eigenvalue weighted by atomic mass is 9.83. The third kappa shape index (κ3) is 2.20. The van der Waals surface area contributed by atoms with Gasteiger partial charge in [0, 0.05) is 0 Å². The molecule has 0 aromatic carbocycles. The fourth-order valence-corrected chi connectivity index (χ4v) is 1.61. The molecule has 1 rings (SSSR count). The van der Waals surface area contributed by atoms with E-state index in [0.717, 1.165) is 12.8 Å². The van der Waals surface area contributed by atoms with Gasteiger partial charge in [0.15, 0.2) is 0 Å². The Bertz CT molecular complexity index is 148. The largest absolute Gasteiger partial charge is 0.390 e. The van der Waals surface area contributed by atoms with Gasteiger partial charge in [0.2, 0.25) is 0 Å². The molecule has 0 spiro atoms. The van der Waals surface area contributed by atoms with E-state index in [1.54, 1.807) is 0 Å². The van der Waals surface area contributed by atoms with E-state index < -0.39 is 0 Å². The van der Waals surface area contributed by atoms with Crippen molar-refractivity contribution in [1.29, 1.82) is 0 Å². The Morgan fingerprint density at radius 1 is 1.25 bits per heavy atom. The van der Waals surface area contributed by atoms with Crippen LogP contribution in [0.4, 0.5) is 0 Å². The summed E-state index contributed by atoms with van der Waals surface area (Å²) in [5.74, 6) is 0. The van der Waals surface area contributed by atoms with Crippen molar-refractivity contribution in [1.82, 2.24) is 0 Å². The van der Waals surface area contributed by atoms with Crippen molar-refractivity contribution in [3.8, 4) is 0 Å². The van der Waals surface area contributed by atoms with Gasteiger partial charge in [0.05, 0.1) is 18.3 Å². The molecule has 1 fully saturated rings. The van der Waals surface area contributed by atoms with Crippen LogP contribution in [0.2, 0.25) is 0 Å². The van der Waals surface area contributed by atoms with Gasteiger partial charge in [-0.05, 0) is 25.2 Å². The lowest BCUT2D eigenvalue weighted by Gasteiger charge is -2.39. The number of aliphatic hydroxyl groups excluding tert-OH is 1. The van der Waals surface area contributed by atoms with Crippen LogP contribution in [-0.2, 0) is 4.74 Å². The molecule has 0 aromatic rings. The molecule has 1 heterocycles. The molecule has 0 aromatic heterocycles. The van der Waals surface area contributed by atoms with Crippen molar-refractivity contribution in [3.63, 3.8) is 0 Å². The smallest absolute Gasteiger partial charge is 0.0809 e. The molecule has 0 saturated carbocycles. The number of rotatable bonds is 0. The van der Waals surface area contributed by atoms with E-state index in [1.165, 1.54) is 0 Å². The molecule has 72 valence electrons. The second kappa shape index (κ2) is 3.35. The second-order valence-electron chi connectivity index (χ2n) is 4.84. The van der Waals surface area contributed by atoms with Gasteiger partial charge in [-0.2, -0.15) is 0 Å². The zero-order valence-electron chi connectivity index (χ0n) is 8.50. The predicted octanol–water partition coefficient (Wildman–Crippen LogP) is 1.96. The first-order valence-corrected chi connectivity index (χ1v) is 4.75. The van der Waals surface area contributed by atoms with Crippen LogP contribution in [0.1, 0.15) is 40.5 Å². The fourth-order valence-electron chi connectivity index (χ4n) is 1.61. The molecular formula is C10H20O2. The monoisotopic (exact) mass is 172 g/mol. The SMILES string of the molecule is C[C@@H]1OC(C(C)(C)C)CC[C@H]1O. The minimum Gasteiger partial charge on any atom is -0.390 e. The highest BCUT2D eigenvalue weighted by Gasteiger charge is 2.33. The maximum absolute atomic E-state index is 9.44. The average Bonchev–Trinajstić information content (AvgIpc) is 1.92. The van der Waals surface area contributed by atoms with E-state index in [4.69, 9.17) is 4.74 Å². The van der Waals surface area contributed by atoms with E-state index in [2.05, 4.69) is 20.8 Å². The molecule has 1 aliphatic heterocycles. The van der Waals surface area contributed by atoms with Crippen LogP contribution in [0, 0.1) is 5.41 Å². The average molecular weight is 172 g/mol. The summed E-state index contributed by atoms with van der Waals surface area (Å²) < 4.78 is 5.71. The summed E-state index contributed by atoms with van der Waals surface area (Å²) in [4.78, 5) is 0. The maximum Gasteiger partial charge on any atom is 0.0809 e. The van der Waals surface area contributed by atoms with Gasteiger partial charge >= 0.3 is 0 Å². The van der Waals surface area contributed by atoms with E-state index in [9.17, 15) is 5.11 Å². The summed E-state index contributed by atoms with van der Waals surface area (Å²) in [5.41, 5.74) is 0.203. The quantitative estimate of drug-likeness (QED) is 0.605. The molecule has 1 N–H and O–H groups in total. The van der Waals surface area contributed by atoms with Crippen LogP contribution < -0.4 is 0 Å². The standard InChI is InChI=1S/C10H20O2/c1-7-8(11)5-6-9(12-7)10(2,3)4/h7-9,11H,5-6H2,1-4H3/t7-,8+,9?/m0/s1. The molecule has 1 saturated heterocycles. The molecule has 12 heavy (non-hydrogen) atoms. The first kappa shape index (κ1) is 10.0. The van der Waals surface area contributed by atoms with Crippen molar-refractivity contribution in [2.24, 2.45) is 5.41 Å². The zero-order chi connectivity index (χ0) is 9.35. The molecule has 0 bridgehead atoms. The zero-order valence-corrected chi connectivity index (χ0v) is 8.50. The highest BCUT2D eigenvalue weighted by molar-refractivity contribution is 4.82. The molecule has 0 radical (unpaired) electrons. The third-order valence-corrected chi connectivity index (χ3v) is 2.61. The third-order valence-electron chi connectivity index (χ3n) is 2.61. The summed E-state index contributed by atoms with van der Waals surface area (Å²) in [6, 6.07) is 0. The summed E-state index contributed by atoms with van der Waals surface area (Å²) in [6.07, 6.45) is 1.90. The minimum atomic E-state index is -0.261. The Labute approximate surface area is 74.9 Å². The summed E-state index contributed by atoms with van der Waals surface area (Å²) in [6.45, 7) is 8.49. The highest BCUT2D eigenvalue weighted by Crippen LogP contribution is 2.31. The van der Waals surface area contributed by atoms with Gasteiger partial charge in [-0.25, -0.2) is 0 Å². The van der Waals surface area contributed by atoms with Crippen LogP contribution in [-0.4, -0.2) is 23.4 Å². The summed E-state index contributed by atoms with van der Waals surface area (Å²) in [7, 11) is 0.